The normalized spacial score (nSPS) is 14.4. The smallest absolute Gasteiger partial charge is 0.119 e. The van der Waals surface area contributed by atoms with Crippen LogP contribution in [0.1, 0.15) is 44.2 Å². The van der Waals surface area contributed by atoms with Gasteiger partial charge in [0.05, 0.1) is 11.8 Å². The standard InChI is InChI=1S/C32H38N2O2/c1-24(2)36-29-17-13-27(14-18-29)32-25(3)30-9-5-6-10-31(30)34(32)23-26-11-15-28(16-12-26)35-22-21-33-19-7-4-8-20-33/h5-6,9-18,24H,4,7-8,19-23H2,1-3H3. The summed E-state index contributed by atoms with van der Waals surface area (Å²) in [4.78, 5) is 2.51. The van der Waals surface area contributed by atoms with Crippen molar-refractivity contribution in [3.63, 3.8) is 0 Å². The third kappa shape index (κ3) is 5.60. The third-order valence-electron chi connectivity index (χ3n) is 7.11. The Morgan fingerprint density at radius 2 is 1.50 bits per heavy atom. The first kappa shape index (κ1) is 24.5. The van der Waals surface area contributed by atoms with E-state index in [0.29, 0.717) is 0 Å². The molecule has 0 N–H and O–H groups in total. The van der Waals surface area contributed by atoms with Crippen LogP contribution in [0.25, 0.3) is 22.2 Å². The minimum Gasteiger partial charge on any atom is -0.492 e. The number of aromatic nitrogens is 1. The molecule has 36 heavy (non-hydrogen) atoms. The van der Waals surface area contributed by atoms with Crippen LogP contribution in [-0.4, -0.2) is 41.8 Å². The van der Waals surface area contributed by atoms with Crippen molar-refractivity contribution >= 4 is 10.9 Å². The molecule has 5 rings (SSSR count). The van der Waals surface area contributed by atoms with Gasteiger partial charge in [0, 0.05) is 24.0 Å². The highest BCUT2D eigenvalue weighted by Gasteiger charge is 2.16. The molecular formula is C32H38N2O2. The summed E-state index contributed by atoms with van der Waals surface area (Å²) in [6.45, 7) is 11.3. The maximum absolute atomic E-state index is 6.06. The van der Waals surface area contributed by atoms with E-state index in [4.69, 9.17) is 9.47 Å². The summed E-state index contributed by atoms with van der Waals surface area (Å²) in [7, 11) is 0. The predicted octanol–water partition coefficient (Wildman–Crippen LogP) is 7.32. The molecule has 4 nitrogen and oxygen atoms in total. The van der Waals surface area contributed by atoms with Crippen LogP contribution in [0.2, 0.25) is 0 Å². The van der Waals surface area contributed by atoms with Crippen molar-refractivity contribution in [3.05, 3.63) is 83.9 Å². The molecule has 0 unspecified atom stereocenters. The lowest BCUT2D eigenvalue weighted by Gasteiger charge is -2.26. The minimum absolute atomic E-state index is 0.167. The van der Waals surface area contributed by atoms with Crippen molar-refractivity contribution in [2.24, 2.45) is 0 Å². The van der Waals surface area contributed by atoms with E-state index >= 15 is 0 Å². The first-order valence-electron chi connectivity index (χ1n) is 13.4. The van der Waals surface area contributed by atoms with Crippen molar-refractivity contribution in [1.82, 2.24) is 9.47 Å². The van der Waals surface area contributed by atoms with Gasteiger partial charge in [0.1, 0.15) is 18.1 Å². The molecule has 0 radical (unpaired) electrons. The monoisotopic (exact) mass is 482 g/mol. The number of rotatable bonds is 9. The highest BCUT2D eigenvalue weighted by molar-refractivity contribution is 5.91. The van der Waals surface area contributed by atoms with E-state index in [9.17, 15) is 0 Å². The van der Waals surface area contributed by atoms with Crippen LogP contribution in [0, 0.1) is 6.92 Å². The maximum atomic E-state index is 6.06. The molecule has 2 heterocycles. The van der Waals surface area contributed by atoms with Gasteiger partial charge >= 0.3 is 0 Å². The van der Waals surface area contributed by atoms with Crippen LogP contribution in [0.4, 0.5) is 0 Å². The first-order valence-corrected chi connectivity index (χ1v) is 13.4. The predicted molar refractivity (Wildman–Crippen MR) is 149 cm³/mol. The Labute approximate surface area is 215 Å². The van der Waals surface area contributed by atoms with Gasteiger partial charge in [-0.2, -0.15) is 0 Å². The van der Waals surface area contributed by atoms with Gasteiger partial charge in [-0.05, 0) is 106 Å². The number of benzene rings is 3. The molecule has 1 aliphatic heterocycles. The Hall–Kier alpha value is -3.24. The first-order chi connectivity index (χ1) is 17.6. The van der Waals surface area contributed by atoms with Crippen molar-refractivity contribution in [3.8, 4) is 22.8 Å². The molecule has 0 spiro atoms. The minimum atomic E-state index is 0.167. The van der Waals surface area contributed by atoms with Crippen LogP contribution in [0.15, 0.2) is 72.8 Å². The maximum Gasteiger partial charge on any atom is 0.119 e. The topological polar surface area (TPSA) is 26.6 Å². The van der Waals surface area contributed by atoms with Crippen LogP contribution >= 0.6 is 0 Å². The molecule has 1 saturated heterocycles. The molecule has 0 amide bonds. The van der Waals surface area contributed by atoms with Gasteiger partial charge in [0.15, 0.2) is 0 Å². The summed E-state index contributed by atoms with van der Waals surface area (Å²) < 4.78 is 14.4. The van der Waals surface area contributed by atoms with Crippen molar-refractivity contribution in [2.75, 3.05) is 26.2 Å². The number of aryl methyl sites for hydroxylation is 1. The van der Waals surface area contributed by atoms with Crippen LogP contribution in [0.3, 0.4) is 0 Å². The second kappa shape index (κ2) is 11.2. The molecule has 0 aliphatic carbocycles. The van der Waals surface area contributed by atoms with Gasteiger partial charge in [-0.1, -0.05) is 36.8 Å². The number of nitrogens with zero attached hydrogens (tertiary/aromatic N) is 2. The van der Waals surface area contributed by atoms with Gasteiger partial charge in [-0.25, -0.2) is 0 Å². The number of piperidine rings is 1. The lowest BCUT2D eigenvalue weighted by atomic mass is 10.1. The van der Waals surface area contributed by atoms with Crippen molar-refractivity contribution < 1.29 is 9.47 Å². The Bertz CT molecular complexity index is 1270. The fourth-order valence-corrected chi connectivity index (χ4v) is 5.33. The number of hydrogen-bond acceptors (Lipinski definition) is 3. The average molecular weight is 483 g/mol. The van der Waals surface area contributed by atoms with Gasteiger partial charge in [-0.3, -0.25) is 4.90 Å². The summed E-state index contributed by atoms with van der Waals surface area (Å²) >= 11 is 0. The fourth-order valence-electron chi connectivity index (χ4n) is 5.33. The molecule has 188 valence electrons. The number of para-hydroxylation sites is 1. The zero-order valence-electron chi connectivity index (χ0n) is 21.9. The van der Waals surface area contributed by atoms with E-state index in [1.165, 1.54) is 65.6 Å². The van der Waals surface area contributed by atoms with Crippen molar-refractivity contribution in [1.29, 1.82) is 0 Å². The summed E-state index contributed by atoms with van der Waals surface area (Å²) in [6.07, 6.45) is 4.18. The van der Waals surface area contributed by atoms with Gasteiger partial charge in [-0.15, -0.1) is 0 Å². The molecule has 4 aromatic rings. The van der Waals surface area contributed by atoms with Crippen LogP contribution in [-0.2, 0) is 6.54 Å². The SMILES string of the molecule is Cc1c(-c2ccc(OC(C)C)cc2)n(Cc2ccc(OCCN3CCCCC3)cc2)c2ccccc12. The summed E-state index contributed by atoms with van der Waals surface area (Å²) in [5.74, 6) is 1.86. The molecule has 1 aromatic heterocycles. The Balaban J connectivity index is 1.35. The average Bonchev–Trinajstić information content (AvgIpc) is 3.17. The van der Waals surface area contributed by atoms with Gasteiger partial charge in [0.25, 0.3) is 0 Å². The summed E-state index contributed by atoms with van der Waals surface area (Å²) in [5.41, 5.74) is 6.29. The second-order valence-corrected chi connectivity index (χ2v) is 10.2. The van der Waals surface area contributed by atoms with E-state index in [0.717, 1.165) is 31.2 Å². The van der Waals surface area contributed by atoms with Crippen LogP contribution in [0.5, 0.6) is 11.5 Å². The van der Waals surface area contributed by atoms with E-state index in [2.05, 4.69) is 103 Å². The largest absolute Gasteiger partial charge is 0.492 e. The zero-order valence-corrected chi connectivity index (χ0v) is 21.9. The van der Waals surface area contributed by atoms with E-state index in [1.807, 2.05) is 0 Å². The van der Waals surface area contributed by atoms with Crippen LogP contribution < -0.4 is 9.47 Å². The highest BCUT2D eigenvalue weighted by Crippen LogP contribution is 2.35. The van der Waals surface area contributed by atoms with Gasteiger partial charge < -0.3 is 14.0 Å². The van der Waals surface area contributed by atoms with E-state index in [1.54, 1.807) is 0 Å². The highest BCUT2D eigenvalue weighted by atomic mass is 16.5. The second-order valence-electron chi connectivity index (χ2n) is 10.2. The number of hydrogen-bond donors (Lipinski definition) is 0. The van der Waals surface area contributed by atoms with E-state index in [-0.39, 0.29) is 6.10 Å². The lowest BCUT2D eigenvalue weighted by molar-refractivity contribution is 0.183. The zero-order chi connectivity index (χ0) is 24.9. The number of ether oxygens (including phenoxy) is 2. The van der Waals surface area contributed by atoms with Crippen molar-refractivity contribution in [2.45, 2.75) is 52.7 Å². The molecule has 0 saturated carbocycles. The summed E-state index contributed by atoms with van der Waals surface area (Å²) in [6, 6.07) is 25.8. The van der Waals surface area contributed by atoms with E-state index < -0.39 is 0 Å². The quantitative estimate of drug-likeness (QED) is 0.250. The molecule has 4 heteroatoms. The summed E-state index contributed by atoms with van der Waals surface area (Å²) in [5, 5.41) is 1.30. The fraction of sp³-hybridized carbons (Fsp3) is 0.375. The Kier molecular flexibility index (Phi) is 7.62. The Morgan fingerprint density at radius 3 is 2.22 bits per heavy atom. The number of fused-ring (bicyclic) bond motifs is 1. The molecule has 3 aromatic carbocycles. The molecule has 0 bridgehead atoms. The third-order valence-corrected chi connectivity index (χ3v) is 7.11. The number of likely N-dealkylation sites (tertiary alicyclic amines) is 1. The Morgan fingerprint density at radius 1 is 0.806 bits per heavy atom. The lowest BCUT2D eigenvalue weighted by Crippen LogP contribution is -2.33. The van der Waals surface area contributed by atoms with Gasteiger partial charge in [0.2, 0.25) is 0 Å². The molecule has 1 aliphatic rings. The molecule has 0 atom stereocenters. The molecule has 1 fully saturated rings. The molecular weight excluding hydrogens is 444 g/mol.